The number of aliphatic hydroxyl groups excluding tert-OH is 1. The van der Waals surface area contributed by atoms with E-state index in [2.05, 4.69) is 121 Å². The van der Waals surface area contributed by atoms with Crippen molar-refractivity contribution >= 4 is 37.1 Å². The third kappa shape index (κ3) is 6.11. The molecule has 0 saturated carbocycles. The summed E-state index contributed by atoms with van der Waals surface area (Å²) in [4.78, 5) is 0. The van der Waals surface area contributed by atoms with E-state index in [-0.39, 0.29) is 6.10 Å². The van der Waals surface area contributed by atoms with E-state index in [1.165, 1.54) is 21.2 Å². The van der Waals surface area contributed by atoms with Crippen molar-refractivity contribution < 1.29 is 5.11 Å². The Morgan fingerprint density at radius 1 is 0.484 bits per heavy atom. The second-order valence-corrected chi connectivity index (χ2v) is 12.1. The fourth-order valence-electron chi connectivity index (χ4n) is 3.78. The van der Waals surface area contributed by atoms with Gasteiger partial charge in [0.2, 0.25) is 0 Å². The summed E-state index contributed by atoms with van der Waals surface area (Å²) in [6, 6.07) is 42.9. The fourth-order valence-corrected chi connectivity index (χ4v) is 8.60. The Morgan fingerprint density at radius 2 is 0.806 bits per heavy atom. The molecule has 1 unspecified atom stereocenters. The summed E-state index contributed by atoms with van der Waals surface area (Å²) in [6.45, 7) is 0. The maximum absolute atomic E-state index is 11.1. The molecule has 4 aromatic rings. The molecule has 0 amide bonds. The van der Waals surface area contributed by atoms with Crippen molar-refractivity contribution in [1.82, 2.24) is 0 Å². The van der Waals surface area contributed by atoms with Gasteiger partial charge in [-0.2, -0.15) is 0 Å². The van der Waals surface area contributed by atoms with Crippen molar-refractivity contribution in [2.45, 2.75) is 12.5 Å². The zero-order valence-corrected chi connectivity index (χ0v) is 19.4. The van der Waals surface area contributed by atoms with Gasteiger partial charge < -0.3 is 5.11 Å². The summed E-state index contributed by atoms with van der Waals surface area (Å²) in [7, 11) is -1.04. The smallest absolute Gasteiger partial charge is 0.0589 e. The summed E-state index contributed by atoms with van der Waals surface area (Å²) >= 11 is 0. The lowest BCUT2D eigenvalue weighted by atomic mass is 10.3. The van der Waals surface area contributed by atoms with Gasteiger partial charge >= 0.3 is 0 Å². The molecule has 1 nitrogen and oxygen atoms in total. The van der Waals surface area contributed by atoms with Gasteiger partial charge in [-0.15, -0.1) is 0 Å². The Kier molecular flexibility index (Phi) is 8.03. The lowest BCUT2D eigenvalue weighted by Crippen LogP contribution is -2.23. The molecule has 0 fully saturated rings. The summed E-state index contributed by atoms with van der Waals surface area (Å²) in [5.74, 6) is 0. The molecule has 1 atom stereocenters. The molecule has 0 aliphatic carbocycles. The van der Waals surface area contributed by atoms with Crippen LogP contribution in [-0.4, -0.2) is 23.5 Å². The average molecular weight is 442 g/mol. The quantitative estimate of drug-likeness (QED) is 0.362. The van der Waals surface area contributed by atoms with Gasteiger partial charge in [-0.25, -0.2) is 0 Å². The molecular weight excluding hydrogens is 414 g/mol. The van der Waals surface area contributed by atoms with E-state index in [0.717, 1.165) is 18.7 Å². The summed E-state index contributed by atoms with van der Waals surface area (Å²) in [6.07, 6.45) is 2.30. The Hall–Kier alpha value is -2.30. The molecule has 0 spiro atoms. The molecular formula is C28H28OP2. The summed E-state index contributed by atoms with van der Waals surface area (Å²) in [5, 5.41) is 16.5. The molecule has 4 rings (SSSR count). The predicted octanol–water partition coefficient (Wildman–Crippen LogP) is 5.00. The molecule has 1 N–H and O–H groups in total. The molecule has 0 aromatic heterocycles. The second kappa shape index (κ2) is 11.4. The third-order valence-corrected chi connectivity index (χ3v) is 10.5. The minimum Gasteiger partial charge on any atom is -0.393 e. The molecule has 0 heterocycles. The van der Waals surface area contributed by atoms with E-state index in [0.29, 0.717) is 0 Å². The van der Waals surface area contributed by atoms with Crippen LogP contribution in [0, 0.1) is 0 Å². The van der Waals surface area contributed by atoms with Crippen LogP contribution >= 0.6 is 15.8 Å². The highest BCUT2D eigenvalue weighted by Crippen LogP contribution is 2.38. The predicted molar refractivity (Wildman–Crippen MR) is 139 cm³/mol. The standard InChI is InChI=1S/C28H28OP2/c29-24(23-31(27-17-9-3-10-18-27)28-19-11-4-12-20-28)21-22-30(25-13-5-1-6-14-25)26-15-7-2-8-16-26/h1-20,24,29H,21-23H2. The van der Waals surface area contributed by atoms with E-state index >= 15 is 0 Å². The maximum Gasteiger partial charge on any atom is 0.0589 e. The van der Waals surface area contributed by atoms with Gasteiger partial charge in [-0.1, -0.05) is 121 Å². The first-order valence-corrected chi connectivity index (χ1v) is 13.8. The molecule has 0 radical (unpaired) electrons. The van der Waals surface area contributed by atoms with Gasteiger partial charge in [0.15, 0.2) is 0 Å². The molecule has 0 bridgehead atoms. The highest BCUT2D eigenvalue weighted by Gasteiger charge is 2.20. The van der Waals surface area contributed by atoms with E-state index in [1.807, 2.05) is 0 Å². The summed E-state index contributed by atoms with van der Waals surface area (Å²) in [5.41, 5.74) is 0. The van der Waals surface area contributed by atoms with Crippen molar-refractivity contribution in [1.29, 1.82) is 0 Å². The van der Waals surface area contributed by atoms with Crippen LogP contribution in [0.15, 0.2) is 121 Å². The first-order chi connectivity index (χ1) is 15.3. The van der Waals surface area contributed by atoms with E-state index in [9.17, 15) is 5.11 Å². The first kappa shape index (κ1) is 21.9. The van der Waals surface area contributed by atoms with Crippen LogP contribution in [0.5, 0.6) is 0 Å². The van der Waals surface area contributed by atoms with Crippen LogP contribution in [0.25, 0.3) is 0 Å². The SMILES string of the molecule is OC(CCP(c1ccccc1)c1ccccc1)CP(c1ccccc1)c1ccccc1. The molecule has 31 heavy (non-hydrogen) atoms. The number of benzene rings is 4. The number of aliphatic hydroxyl groups is 1. The van der Waals surface area contributed by atoms with Crippen LogP contribution in [0.2, 0.25) is 0 Å². The Balaban J connectivity index is 1.50. The second-order valence-electron chi connectivity index (χ2n) is 7.55. The van der Waals surface area contributed by atoms with Gasteiger partial charge in [0, 0.05) is 6.16 Å². The van der Waals surface area contributed by atoms with Crippen molar-refractivity contribution in [3.05, 3.63) is 121 Å². The minimum absolute atomic E-state index is 0.316. The van der Waals surface area contributed by atoms with Crippen LogP contribution in [0.3, 0.4) is 0 Å². The number of rotatable bonds is 9. The third-order valence-electron chi connectivity index (χ3n) is 5.35. The van der Waals surface area contributed by atoms with Gasteiger partial charge in [-0.3, -0.25) is 0 Å². The van der Waals surface area contributed by atoms with Gasteiger partial charge in [0.1, 0.15) is 0 Å². The first-order valence-electron chi connectivity index (χ1n) is 10.7. The Labute approximate surface area is 188 Å². The van der Waals surface area contributed by atoms with Crippen LogP contribution in [-0.2, 0) is 0 Å². The molecule has 3 heteroatoms. The van der Waals surface area contributed by atoms with Crippen LogP contribution < -0.4 is 21.2 Å². The van der Waals surface area contributed by atoms with Gasteiger partial charge in [0.25, 0.3) is 0 Å². The van der Waals surface area contributed by atoms with Gasteiger partial charge in [-0.05, 0) is 49.6 Å². The van der Waals surface area contributed by atoms with E-state index < -0.39 is 15.8 Å². The molecule has 4 aromatic carbocycles. The summed E-state index contributed by atoms with van der Waals surface area (Å²) < 4.78 is 0. The topological polar surface area (TPSA) is 20.2 Å². The van der Waals surface area contributed by atoms with Crippen LogP contribution in [0.4, 0.5) is 0 Å². The number of hydrogen-bond donors (Lipinski definition) is 1. The lowest BCUT2D eigenvalue weighted by Gasteiger charge is -2.24. The highest BCUT2D eigenvalue weighted by molar-refractivity contribution is 7.73. The molecule has 0 aliphatic heterocycles. The van der Waals surface area contributed by atoms with Gasteiger partial charge in [0.05, 0.1) is 6.10 Å². The van der Waals surface area contributed by atoms with E-state index in [4.69, 9.17) is 0 Å². The zero-order chi connectivity index (χ0) is 21.3. The minimum atomic E-state index is -0.572. The molecule has 156 valence electrons. The zero-order valence-electron chi connectivity index (χ0n) is 17.6. The Morgan fingerprint density at radius 3 is 1.16 bits per heavy atom. The van der Waals surface area contributed by atoms with Crippen molar-refractivity contribution in [3.63, 3.8) is 0 Å². The van der Waals surface area contributed by atoms with E-state index in [1.54, 1.807) is 0 Å². The fraction of sp³-hybridized carbons (Fsp3) is 0.143. The lowest BCUT2D eigenvalue weighted by molar-refractivity contribution is 0.196. The van der Waals surface area contributed by atoms with Crippen LogP contribution in [0.1, 0.15) is 6.42 Å². The number of hydrogen-bond acceptors (Lipinski definition) is 1. The van der Waals surface area contributed by atoms with Crippen molar-refractivity contribution in [3.8, 4) is 0 Å². The normalized spacial score (nSPS) is 12.2. The van der Waals surface area contributed by atoms with Crippen molar-refractivity contribution in [2.24, 2.45) is 0 Å². The monoisotopic (exact) mass is 442 g/mol. The maximum atomic E-state index is 11.1. The highest BCUT2D eigenvalue weighted by atomic mass is 31.1. The molecule has 0 saturated heterocycles. The molecule has 0 aliphatic rings. The Bertz CT molecular complexity index is 945. The largest absolute Gasteiger partial charge is 0.393 e. The average Bonchev–Trinajstić information content (AvgIpc) is 2.85. The van der Waals surface area contributed by atoms with Crippen molar-refractivity contribution in [2.75, 3.05) is 12.3 Å².